The zero-order valence-corrected chi connectivity index (χ0v) is 19.7. The summed E-state index contributed by atoms with van der Waals surface area (Å²) in [5.41, 5.74) is 1.70. The summed E-state index contributed by atoms with van der Waals surface area (Å²) in [7, 11) is 0. The monoisotopic (exact) mass is 484 g/mol. The van der Waals surface area contributed by atoms with Crippen molar-refractivity contribution in [3.8, 4) is 0 Å². The van der Waals surface area contributed by atoms with Crippen molar-refractivity contribution in [1.82, 2.24) is 9.80 Å². The van der Waals surface area contributed by atoms with Crippen LogP contribution in [0.3, 0.4) is 0 Å². The third-order valence-corrected chi connectivity index (χ3v) is 7.28. The van der Waals surface area contributed by atoms with E-state index in [0.717, 1.165) is 58.3 Å². The number of piperidine rings is 1. The number of carbonyl (C=O) groups is 2. The van der Waals surface area contributed by atoms with Gasteiger partial charge in [0.05, 0.1) is 6.61 Å². The van der Waals surface area contributed by atoms with Gasteiger partial charge in [-0.3, -0.25) is 4.79 Å². The fourth-order valence-electron chi connectivity index (χ4n) is 4.88. The largest absolute Gasteiger partial charge is 0.490 e. The number of carboxylic acids is 1. The highest BCUT2D eigenvalue weighted by molar-refractivity contribution is 5.73. The summed E-state index contributed by atoms with van der Waals surface area (Å²) in [4.78, 5) is 25.6. The lowest BCUT2D eigenvalue weighted by Gasteiger charge is -2.42. The van der Waals surface area contributed by atoms with Crippen LogP contribution in [0.2, 0.25) is 0 Å². The molecule has 3 fully saturated rings. The van der Waals surface area contributed by atoms with Crippen LogP contribution in [-0.4, -0.2) is 78.9 Å². The Kier molecular flexibility index (Phi) is 8.98. The highest BCUT2D eigenvalue weighted by Crippen LogP contribution is 2.45. The molecular formula is C25H35F3N2O4. The van der Waals surface area contributed by atoms with Crippen LogP contribution in [0.25, 0.3) is 0 Å². The van der Waals surface area contributed by atoms with Gasteiger partial charge >= 0.3 is 12.1 Å². The van der Waals surface area contributed by atoms with E-state index in [4.69, 9.17) is 14.6 Å². The van der Waals surface area contributed by atoms with Crippen LogP contribution in [0, 0.1) is 17.3 Å². The van der Waals surface area contributed by atoms with Gasteiger partial charge in [-0.15, -0.1) is 0 Å². The normalized spacial score (nSPS) is 22.4. The summed E-state index contributed by atoms with van der Waals surface area (Å²) in [5.74, 6) is -1.21. The zero-order valence-electron chi connectivity index (χ0n) is 19.7. The lowest BCUT2D eigenvalue weighted by Crippen LogP contribution is -2.46. The number of hydrogen-bond acceptors (Lipinski definition) is 4. The Morgan fingerprint density at radius 2 is 1.74 bits per heavy atom. The first kappa shape index (κ1) is 26.5. The van der Waals surface area contributed by atoms with Gasteiger partial charge in [0, 0.05) is 39.1 Å². The van der Waals surface area contributed by atoms with Crippen LogP contribution in [0.5, 0.6) is 0 Å². The minimum atomic E-state index is -5.08. The number of carboxylic acid groups (broad SMARTS) is 1. The number of amides is 1. The number of likely N-dealkylation sites (tertiary alicyclic amines) is 2. The van der Waals surface area contributed by atoms with E-state index in [1.165, 1.54) is 31.2 Å². The number of hydrogen-bond donors (Lipinski definition) is 1. The highest BCUT2D eigenvalue weighted by Gasteiger charge is 2.48. The molecule has 0 radical (unpaired) electrons. The Balaban J connectivity index is 0.000000406. The van der Waals surface area contributed by atoms with Gasteiger partial charge < -0.3 is 19.6 Å². The Labute approximate surface area is 199 Å². The van der Waals surface area contributed by atoms with Crippen molar-refractivity contribution in [2.75, 3.05) is 45.9 Å². The van der Waals surface area contributed by atoms with Crippen LogP contribution >= 0.6 is 0 Å². The predicted molar refractivity (Wildman–Crippen MR) is 121 cm³/mol. The Bertz CT molecular complexity index is 806. The fourth-order valence-corrected chi connectivity index (χ4v) is 4.88. The number of aliphatic carboxylic acids is 1. The average Bonchev–Trinajstić information content (AvgIpc) is 3.55. The van der Waals surface area contributed by atoms with Gasteiger partial charge in [-0.1, -0.05) is 30.3 Å². The molecule has 4 rings (SSSR count). The number of carbonyl (C=O) groups excluding carboxylic acids is 1. The Hall–Kier alpha value is -2.13. The van der Waals surface area contributed by atoms with E-state index < -0.39 is 12.1 Å². The second-order valence-electron chi connectivity index (χ2n) is 9.82. The summed E-state index contributed by atoms with van der Waals surface area (Å²) < 4.78 is 37.8. The maximum Gasteiger partial charge on any atom is 0.490 e. The molecule has 0 aromatic heterocycles. The molecule has 9 heteroatoms. The summed E-state index contributed by atoms with van der Waals surface area (Å²) >= 11 is 0. The number of rotatable bonds is 7. The van der Waals surface area contributed by atoms with Crippen LogP contribution in [0.1, 0.15) is 38.2 Å². The lowest BCUT2D eigenvalue weighted by molar-refractivity contribution is -0.192. The molecule has 1 aliphatic carbocycles. The van der Waals surface area contributed by atoms with Crippen molar-refractivity contribution in [3.05, 3.63) is 35.9 Å². The molecule has 1 spiro atoms. The number of nitrogens with zero attached hydrogens (tertiary/aromatic N) is 2. The predicted octanol–water partition coefficient (Wildman–Crippen LogP) is 3.85. The first-order chi connectivity index (χ1) is 16.1. The topological polar surface area (TPSA) is 70.1 Å². The molecule has 2 saturated heterocycles. The van der Waals surface area contributed by atoms with Gasteiger partial charge in [0.1, 0.15) is 0 Å². The van der Waals surface area contributed by atoms with Crippen LogP contribution < -0.4 is 0 Å². The van der Waals surface area contributed by atoms with Crippen LogP contribution in [0.15, 0.2) is 30.3 Å². The van der Waals surface area contributed by atoms with Crippen molar-refractivity contribution in [1.29, 1.82) is 0 Å². The molecule has 3 aliphatic rings. The number of ether oxygens (including phenoxy) is 1. The minimum absolute atomic E-state index is 0.227. The van der Waals surface area contributed by atoms with Crippen LogP contribution in [0.4, 0.5) is 13.2 Å². The van der Waals surface area contributed by atoms with E-state index in [2.05, 4.69) is 40.1 Å². The summed E-state index contributed by atoms with van der Waals surface area (Å²) in [6, 6.07) is 10.8. The quantitative estimate of drug-likeness (QED) is 0.637. The maximum atomic E-state index is 12.0. The molecule has 2 heterocycles. The van der Waals surface area contributed by atoms with Gasteiger partial charge in [0.15, 0.2) is 0 Å². The molecule has 2 aliphatic heterocycles. The Morgan fingerprint density at radius 1 is 1.12 bits per heavy atom. The lowest BCUT2D eigenvalue weighted by atomic mass is 9.71. The Morgan fingerprint density at radius 3 is 2.26 bits per heavy atom. The standard InChI is InChI=1S/C23H34N2O2.C2HF3O2/c1-19(26)25-15-22(17-27-16-21-7-8-21)23(18-25)10-13-24(14-11-23)12-9-20-5-3-2-4-6-20;3-2(4,5)1(6)7/h2-6,21-22H,7-18H2,1H3;(H,6,7). The second kappa shape index (κ2) is 11.5. The minimum Gasteiger partial charge on any atom is -0.475 e. The van der Waals surface area contributed by atoms with E-state index >= 15 is 0 Å². The smallest absolute Gasteiger partial charge is 0.475 e. The molecule has 1 unspecified atom stereocenters. The van der Waals surface area contributed by atoms with Crippen molar-refractivity contribution in [3.63, 3.8) is 0 Å². The molecule has 6 nitrogen and oxygen atoms in total. The van der Waals surface area contributed by atoms with E-state index in [1.807, 2.05) is 0 Å². The van der Waals surface area contributed by atoms with Crippen LogP contribution in [-0.2, 0) is 20.7 Å². The molecule has 34 heavy (non-hydrogen) atoms. The molecule has 1 amide bonds. The summed E-state index contributed by atoms with van der Waals surface area (Å²) in [6.45, 7) is 8.75. The average molecular weight is 485 g/mol. The van der Waals surface area contributed by atoms with E-state index in [9.17, 15) is 18.0 Å². The number of alkyl halides is 3. The molecule has 190 valence electrons. The van der Waals surface area contributed by atoms with Crippen molar-refractivity contribution >= 4 is 11.9 Å². The first-order valence-corrected chi connectivity index (χ1v) is 12.0. The first-order valence-electron chi connectivity index (χ1n) is 12.0. The number of halogens is 3. The molecule has 1 aromatic carbocycles. The van der Waals surface area contributed by atoms with Gasteiger partial charge in [0.25, 0.3) is 0 Å². The van der Waals surface area contributed by atoms with Gasteiger partial charge in [-0.2, -0.15) is 13.2 Å². The molecule has 0 bridgehead atoms. The third kappa shape index (κ3) is 7.70. The van der Waals surface area contributed by atoms with Gasteiger partial charge in [-0.05, 0) is 62.1 Å². The van der Waals surface area contributed by atoms with E-state index in [0.29, 0.717) is 5.92 Å². The summed E-state index contributed by atoms with van der Waals surface area (Å²) in [5, 5.41) is 7.12. The summed E-state index contributed by atoms with van der Waals surface area (Å²) in [6.07, 6.45) is 1.12. The van der Waals surface area contributed by atoms with E-state index in [-0.39, 0.29) is 11.3 Å². The zero-order chi connectivity index (χ0) is 24.8. The molecule has 1 saturated carbocycles. The third-order valence-electron chi connectivity index (χ3n) is 7.28. The SMILES string of the molecule is CC(=O)N1CC(COCC2CC2)C2(CCN(CCc3ccccc3)CC2)C1.O=C(O)C(F)(F)F. The molecule has 1 aromatic rings. The van der Waals surface area contributed by atoms with Crippen molar-refractivity contribution < 1.29 is 32.6 Å². The fraction of sp³-hybridized carbons (Fsp3) is 0.680. The van der Waals surface area contributed by atoms with E-state index in [1.54, 1.807) is 6.92 Å². The maximum absolute atomic E-state index is 12.0. The molecule has 1 N–H and O–H groups in total. The molecular weight excluding hydrogens is 449 g/mol. The van der Waals surface area contributed by atoms with Gasteiger partial charge in [0.2, 0.25) is 5.91 Å². The molecule has 1 atom stereocenters. The second-order valence-corrected chi connectivity index (χ2v) is 9.82. The van der Waals surface area contributed by atoms with Gasteiger partial charge in [-0.25, -0.2) is 4.79 Å². The van der Waals surface area contributed by atoms with Crippen molar-refractivity contribution in [2.24, 2.45) is 17.3 Å². The highest BCUT2D eigenvalue weighted by atomic mass is 19.4. The van der Waals surface area contributed by atoms with Crippen molar-refractivity contribution in [2.45, 2.75) is 45.2 Å². The number of benzene rings is 1.